The molecule has 0 fully saturated rings. The van der Waals surface area contributed by atoms with Crippen LogP contribution in [0.25, 0.3) is 0 Å². The van der Waals surface area contributed by atoms with Crippen LogP contribution < -0.4 is 0 Å². The van der Waals surface area contributed by atoms with Crippen molar-refractivity contribution in [1.82, 2.24) is 0 Å². The molecule has 78 valence electrons. The van der Waals surface area contributed by atoms with Crippen molar-refractivity contribution in [2.75, 3.05) is 6.61 Å². The number of allylic oxidation sites excluding steroid dienone is 4. The van der Waals surface area contributed by atoms with Crippen LogP contribution in [0.3, 0.4) is 0 Å². The van der Waals surface area contributed by atoms with Crippen molar-refractivity contribution in [2.45, 2.75) is 26.7 Å². The van der Waals surface area contributed by atoms with Crippen molar-refractivity contribution < 1.29 is 9.53 Å². The number of hydrogen-bond donors (Lipinski definition) is 0. The number of ether oxygens (including phenoxy) is 1. The summed E-state index contributed by atoms with van der Waals surface area (Å²) in [5, 5.41) is 0. The minimum Gasteiger partial charge on any atom is -0.466 e. The normalized spacial score (nSPS) is 22.0. The molecule has 0 heterocycles. The summed E-state index contributed by atoms with van der Waals surface area (Å²) in [7, 11) is 0. The van der Waals surface area contributed by atoms with E-state index in [9.17, 15) is 4.79 Å². The molecular weight excluding hydrogens is 176 g/mol. The summed E-state index contributed by atoms with van der Waals surface area (Å²) in [6.45, 7) is 4.25. The summed E-state index contributed by atoms with van der Waals surface area (Å²) in [5.41, 5.74) is 0. The number of carbonyl (C=O) groups is 1. The lowest BCUT2D eigenvalue weighted by Gasteiger charge is -2.17. The summed E-state index contributed by atoms with van der Waals surface area (Å²) in [6, 6.07) is 0. The Balaban J connectivity index is 2.32. The van der Waals surface area contributed by atoms with Gasteiger partial charge in [-0.1, -0.05) is 31.2 Å². The second-order valence-corrected chi connectivity index (χ2v) is 3.70. The van der Waals surface area contributed by atoms with E-state index in [0.29, 0.717) is 12.5 Å². The highest BCUT2D eigenvalue weighted by molar-refractivity contribution is 5.71. The molecule has 0 aromatic heterocycles. The first kappa shape index (κ1) is 11.0. The molecule has 0 amide bonds. The second kappa shape index (κ2) is 5.63. The Hall–Kier alpha value is -1.05. The Labute approximate surface area is 85.6 Å². The maximum atomic E-state index is 11.4. The summed E-state index contributed by atoms with van der Waals surface area (Å²) in [5.74, 6) is 0.436. The van der Waals surface area contributed by atoms with Gasteiger partial charge in [0.1, 0.15) is 0 Å². The van der Waals surface area contributed by atoms with Gasteiger partial charge in [0.25, 0.3) is 0 Å². The minimum atomic E-state index is -0.0737. The van der Waals surface area contributed by atoms with Crippen LogP contribution in [0.1, 0.15) is 26.7 Å². The van der Waals surface area contributed by atoms with Gasteiger partial charge in [-0.25, -0.2) is 0 Å². The predicted octanol–water partition coefficient (Wildman–Crippen LogP) is 2.71. The van der Waals surface area contributed by atoms with Crippen LogP contribution in [0, 0.1) is 11.8 Å². The standard InChI is InChI=1S/C12H18O2/c1-3-14-12(13)10(2)9-11-7-5-4-6-8-11/h4-7,10-11H,3,8-9H2,1-2H3/t10-,11?/m1/s1. The van der Waals surface area contributed by atoms with Crippen LogP contribution in [-0.4, -0.2) is 12.6 Å². The Morgan fingerprint density at radius 3 is 2.93 bits per heavy atom. The molecule has 0 bridgehead atoms. The van der Waals surface area contributed by atoms with Crippen LogP contribution in [-0.2, 0) is 9.53 Å². The molecule has 0 aromatic rings. The summed E-state index contributed by atoms with van der Waals surface area (Å²) < 4.78 is 4.96. The van der Waals surface area contributed by atoms with E-state index in [4.69, 9.17) is 4.74 Å². The average Bonchev–Trinajstić information content (AvgIpc) is 2.19. The fraction of sp³-hybridized carbons (Fsp3) is 0.583. The van der Waals surface area contributed by atoms with E-state index in [2.05, 4.69) is 12.2 Å². The first-order valence-corrected chi connectivity index (χ1v) is 5.24. The molecule has 14 heavy (non-hydrogen) atoms. The van der Waals surface area contributed by atoms with Gasteiger partial charge in [0, 0.05) is 0 Å². The van der Waals surface area contributed by atoms with Gasteiger partial charge in [0.05, 0.1) is 12.5 Å². The van der Waals surface area contributed by atoms with Crippen molar-refractivity contribution in [2.24, 2.45) is 11.8 Å². The van der Waals surface area contributed by atoms with E-state index in [-0.39, 0.29) is 11.9 Å². The smallest absolute Gasteiger partial charge is 0.308 e. The largest absolute Gasteiger partial charge is 0.466 e. The number of rotatable bonds is 4. The molecule has 2 heteroatoms. The zero-order valence-corrected chi connectivity index (χ0v) is 8.90. The Bertz CT molecular complexity index is 241. The lowest BCUT2D eigenvalue weighted by atomic mass is 9.91. The third-order valence-electron chi connectivity index (χ3n) is 2.41. The van der Waals surface area contributed by atoms with E-state index in [1.54, 1.807) is 0 Å². The Morgan fingerprint density at radius 2 is 2.36 bits per heavy atom. The number of hydrogen-bond acceptors (Lipinski definition) is 2. The van der Waals surface area contributed by atoms with E-state index in [1.807, 2.05) is 26.0 Å². The topological polar surface area (TPSA) is 26.3 Å². The minimum absolute atomic E-state index is 0.0103. The van der Waals surface area contributed by atoms with Gasteiger partial charge in [0.2, 0.25) is 0 Å². The predicted molar refractivity (Wildman–Crippen MR) is 56.8 cm³/mol. The molecule has 0 saturated carbocycles. The Morgan fingerprint density at radius 1 is 1.57 bits per heavy atom. The van der Waals surface area contributed by atoms with Crippen molar-refractivity contribution >= 4 is 5.97 Å². The SMILES string of the molecule is CCOC(=O)[C@H](C)CC1C=CC=CC1. The molecule has 0 saturated heterocycles. The van der Waals surface area contributed by atoms with Gasteiger partial charge in [-0.05, 0) is 25.7 Å². The van der Waals surface area contributed by atoms with Crippen LogP contribution in [0.2, 0.25) is 0 Å². The first-order chi connectivity index (χ1) is 6.74. The van der Waals surface area contributed by atoms with Crippen molar-refractivity contribution in [1.29, 1.82) is 0 Å². The molecule has 1 aliphatic rings. The van der Waals surface area contributed by atoms with E-state index >= 15 is 0 Å². The molecule has 1 unspecified atom stereocenters. The van der Waals surface area contributed by atoms with Gasteiger partial charge in [-0.3, -0.25) is 4.79 Å². The quantitative estimate of drug-likeness (QED) is 0.643. The highest BCUT2D eigenvalue weighted by Gasteiger charge is 2.18. The second-order valence-electron chi connectivity index (χ2n) is 3.70. The van der Waals surface area contributed by atoms with Crippen LogP contribution in [0.4, 0.5) is 0 Å². The lowest BCUT2D eigenvalue weighted by molar-refractivity contribution is -0.147. The fourth-order valence-electron chi connectivity index (χ4n) is 1.64. The maximum absolute atomic E-state index is 11.4. The zero-order chi connectivity index (χ0) is 10.4. The van der Waals surface area contributed by atoms with Crippen LogP contribution in [0.5, 0.6) is 0 Å². The monoisotopic (exact) mass is 194 g/mol. The van der Waals surface area contributed by atoms with Crippen LogP contribution >= 0.6 is 0 Å². The van der Waals surface area contributed by atoms with Gasteiger partial charge in [-0.2, -0.15) is 0 Å². The van der Waals surface area contributed by atoms with Gasteiger partial charge in [0.15, 0.2) is 0 Å². The molecule has 0 radical (unpaired) electrons. The summed E-state index contributed by atoms with van der Waals surface area (Å²) in [6.07, 6.45) is 10.3. The average molecular weight is 194 g/mol. The molecular formula is C12H18O2. The molecule has 1 aliphatic carbocycles. The van der Waals surface area contributed by atoms with Gasteiger partial charge < -0.3 is 4.74 Å². The lowest BCUT2D eigenvalue weighted by Crippen LogP contribution is -2.17. The van der Waals surface area contributed by atoms with Gasteiger partial charge >= 0.3 is 5.97 Å². The first-order valence-electron chi connectivity index (χ1n) is 5.24. The van der Waals surface area contributed by atoms with Crippen molar-refractivity contribution in [3.8, 4) is 0 Å². The van der Waals surface area contributed by atoms with Crippen LogP contribution in [0.15, 0.2) is 24.3 Å². The maximum Gasteiger partial charge on any atom is 0.308 e. The molecule has 0 spiro atoms. The molecule has 0 N–H and O–H groups in total. The third kappa shape index (κ3) is 3.36. The van der Waals surface area contributed by atoms with Crippen molar-refractivity contribution in [3.05, 3.63) is 24.3 Å². The molecule has 2 nitrogen and oxygen atoms in total. The Kier molecular flexibility index (Phi) is 4.44. The van der Waals surface area contributed by atoms with Gasteiger partial charge in [-0.15, -0.1) is 0 Å². The fourth-order valence-corrected chi connectivity index (χ4v) is 1.64. The van der Waals surface area contributed by atoms with E-state index in [1.165, 1.54) is 0 Å². The summed E-state index contributed by atoms with van der Waals surface area (Å²) >= 11 is 0. The highest BCUT2D eigenvalue weighted by atomic mass is 16.5. The number of carbonyl (C=O) groups excluding carboxylic acids is 1. The third-order valence-corrected chi connectivity index (χ3v) is 2.41. The van der Waals surface area contributed by atoms with E-state index < -0.39 is 0 Å². The molecule has 0 aliphatic heterocycles. The molecule has 0 aromatic carbocycles. The number of esters is 1. The molecule has 1 rings (SSSR count). The van der Waals surface area contributed by atoms with E-state index in [0.717, 1.165) is 12.8 Å². The summed E-state index contributed by atoms with van der Waals surface area (Å²) in [4.78, 5) is 11.4. The van der Waals surface area contributed by atoms with Crippen molar-refractivity contribution in [3.63, 3.8) is 0 Å². The molecule has 2 atom stereocenters. The zero-order valence-electron chi connectivity index (χ0n) is 8.90. The highest BCUT2D eigenvalue weighted by Crippen LogP contribution is 2.21.